The van der Waals surface area contributed by atoms with E-state index in [9.17, 15) is 0 Å². The third-order valence-electron chi connectivity index (χ3n) is 3.39. The summed E-state index contributed by atoms with van der Waals surface area (Å²) in [5.74, 6) is 0.771. The number of rotatable bonds is 2. The van der Waals surface area contributed by atoms with Gasteiger partial charge < -0.3 is 4.42 Å². The lowest BCUT2D eigenvalue weighted by molar-refractivity contribution is -0.401. The second-order valence-corrected chi connectivity index (χ2v) is 6.17. The highest BCUT2D eigenvalue weighted by molar-refractivity contribution is 7.12. The van der Waals surface area contributed by atoms with Gasteiger partial charge in [-0.1, -0.05) is 41.9 Å². The number of benzene rings is 2. The first-order chi connectivity index (χ1) is 11.3. The second-order valence-electron chi connectivity index (χ2n) is 4.90. The molecule has 0 atom stereocenters. The predicted molar refractivity (Wildman–Crippen MR) is 90.3 cm³/mol. The summed E-state index contributed by atoms with van der Waals surface area (Å²) in [4.78, 5) is 3.29. The summed E-state index contributed by atoms with van der Waals surface area (Å²) in [6, 6.07) is 17.5. The van der Waals surface area contributed by atoms with Crippen molar-refractivity contribution in [3.63, 3.8) is 0 Å². The molecule has 0 fully saturated rings. The Balaban J connectivity index is 2.03. The maximum atomic E-state index is 6.13. The molecule has 0 spiro atoms. The standard InChI is InChI=1S/C17H10ClN3OS/c18-12-6-7-15-13(8-12)14(20-17-21-19-10-23-17)9-16(22-15)11-4-2-1-3-5-11/h1-10H/p+1. The Labute approximate surface area is 140 Å². The molecule has 23 heavy (non-hydrogen) atoms. The molecule has 0 aliphatic rings. The molecule has 112 valence electrons. The Morgan fingerprint density at radius 3 is 2.70 bits per heavy atom. The molecule has 0 amide bonds. The molecule has 4 rings (SSSR count). The quantitative estimate of drug-likeness (QED) is 0.610. The van der Waals surface area contributed by atoms with E-state index in [-0.39, 0.29) is 0 Å². The zero-order valence-corrected chi connectivity index (χ0v) is 13.4. The molecule has 2 heterocycles. The van der Waals surface area contributed by atoms with Gasteiger partial charge in [0.05, 0.1) is 10.5 Å². The van der Waals surface area contributed by atoms with Crippen LogP contribution in [0.15, 0.2) is 64.5 Å². The highest BCUT2D eigenvalue weighted by Gasteiger charge is 2.10. The van der Waals surface area contributed by atoms with Crippen molar-refractivity contribution in [3.8, 4) is 11.3 Å². The first kappa shape index (κ1) is 14.1. The zero-order chi connectivity index (χ0) is 15.6. The molecule has 0 bridgehead atoms. The van der Waals surface area contributed by atoms with Crippen molar-refractivity contribution >= 4 is 39.0 Å². The summed E-state index contributed by atoms with van der Waals surface area (Å²) in [5, 5.41) is 11.0. The first-order valence-electron chi connectivity index (χ1n) is 6.94. The largest absolute Gasteiger partial charge is 0.456 e. The number of hydrogen-bond donors (Lipinski definition) is 1. The van der Waals surface area contributed by atoms with Crippen molar-refractivity contribution in [3.05, 3.63) is 70.5 Å². The van der Waals surface area contributed by atoms with E-state index in [0.717, 1.165) is 32.8 Å². The van der Waals surface area contributed by atoms with Crippen molar-refractivity contribution in [2.45, 2.75) is 0 Å². The monoisotopic (exact) mass is 340 g/mol. The van der Waals surface area contributed by atoms with Crippen LogP contribution < -0.4 is 10.3 Å². The number of fused-ring (bicyclic) bond motifs is 1. The molecule has 0 saturated carbocycles. The highest BCUT2D eigenvalue weighted by atomic mass is 35.5. The SMILES string of the molecule is Clc1ccc2oc(-c3ccccc3)cc(=[NH+]c3nncs3)c2c1. The molecule has 6 heteroatoms. The van der Waals surface area contributed by atoms with E-state index in [2.05, 4.69) is 15.2 Å². The van der Waals surface area contributed by atoms with E-state index in [1.54, 1.807) is 5.51 Å². The summed E-state index contributed by atoms with van der Waals surface area (Å²) in [7, 11) is 0. The van der Waals surface area contributed by atoms with Crippen molar-refractivity contribution in [2.24, 2.45) is 0 Å². The van der Waals surface area contributed by atoms with Gasteiger partial charge in [0, 0.05) is 16.7 Å². The number of nitrogens with zero attached hydrogens (tertiary/aromatic N) is 2. The van der Waals surface area contributed by atoms with Gasteiger partial charge in [0.25, 0.3) is 0 Å². The van der Waals surface area contributed by atoms with Crippen molar-refractivity contribution in [2.75, 3.05) is 0 Å². The Kier molecular flexibility index (Phi) is 3.65. The van der Waals surface area contributed by atoms with Gasteiger partial charge in [-0.2, -0.15) is 0 Å². The van der Waals surface area contributed by atoms with Crippen LogP contribution in [0.5, 0.6) is 0 Å². The van der Waals surface area contributed by atoms with Crippen molar-refractivity contribution in [1.29, 1.82) is 0 Å². The summed E-state index contributed by atoms with van der Waals surface area (Å²) in [5.41, 5.74) is 3.44. The topological polar surface area (TPSA) is 52.9 Å². The lowest BCUT2D eigenvalue weighted by atomic mass is 10.1. The summed E-state index contributed by atoms with van der Waals surface area (Å²) in [6.07, 6.45) is 0. The van der Waals surface area contributed by atoms with Crippen molar-refractivity contribution in [1.82, 2.24) is 10.2 Å². The Morgan fingerprint density at radius 1 is 1.04 bits per heavy atom. The zero-order valence-electron chi connectivity index (χ0n) is 11.9. The van der Waals surface area contributed by atoms with Gasteiger partial charge in [0.15, 0.2) is 0 Å². The van der Waals surface area contributed by atoms with Gasteiger partial charge >= 0.3 is 5.13 Å². The molecule has 0 aliphatic carbocycles. The smallest absolute Gasteiger partial charge is 0.408 e. The van der Waals surface area contributed by atoms with Gasteiger partial charge in [0.2, 0.25) is 0 Å². The van der Waals surface area contributed by atoms with Crippen molar-refractivity contribution < 1.29 is 9.41 Å². The minimum Gasteiger partial charge on any atom is -0.456 e. The van der Waals surface area contributed by atoms with Gasteiger partial charge in [-0.3, -0.25) is 0 Å². The van der Waals surface area contributed by atoms with Gasteiger partial charge in [-0.05, 0) is 34.6 Å². The minimum absolute atomic E-state index is 0.653. The molecule has 4 nitrogen and oxygen atoms in total. The number of hydrogen-bond acceptors (Lipinski definition) is 4. The minimum atomic E-state index is 0.653. The maximum Gasteiger partial charge on any atom is 0.408 e. The van der Waals surface area contributed by atoms with Crippen LogP contribution >= 0.6 is 22.9 Å². The van der Waals surface area contributed by atoms with Crippen LogP contribution in [0.3, 0.4) is 0 Å². The normalized spacial score (nSPS) is 12.0. The van der Waals surface area contributed by atoms with Gasteiger partial charge in [0.1, 0.15) is 22.2 Å². The van der Waals surface area contributed by atoms with Crippen LogP contribution in [0.25, 0.3) is 22.3 Å². The van der Waals surface area contributed by atoms with E-state index in [1.165, 1.54) is 11.3 Å². The third-order valence-corrected chi connectivity index (χ3v) is 4.23. The fourth-order valence-corrected chi connectivity index (χ4v) is 2.98. The summed E-state index contributed by atoms with van der Waals surface area (Å²) in [6.45, 7) is 0. The number of aromatic nitrogens is 2. The van der Waals surface area contributed by atoms with Crippen LogP contribution in [-0.2, 0) is 0 Å². The van der Waals surface area contributed by atoms with E-state index in [4.69, 9.17) is 16.0 Å². The predicted octanol–water partition coefficient (Wildman–Crippen LogP) is 2.92. The maximum absolute atomic E-state index is 6.13. The Morgan fingerprint density at radius 2 is 1.91 bits per heavy atom. The lowest BCUT2D eigenvalue weighted by Crippen LogP contribution is -2.70. The Bertz CT molecular complexity index is 1030. The van der Waals surface area contributed by atoms with E-state index < -0.39 is 0 Å². The van der Waals surface area contributed by atoms with Gasteiger partial charge in [-0.15, -0.1) is 0 Å². The molecule has 2 aromatic carbocycles. The number of halogens is 1. The van der Waals surface area contributed by atoms with E-state index >= 15 is 0 Å². The molecule has 4 aromatic rings. The van der Waals surface area contributed by atoms with Crippen LogP contribution in [0.2, 0.25) is 5.02 Å². The van der Waals surface area contributed by atoms with Crippen LogP contribution in [0, 0.1) is 0 Å². The molecule has 0 radical (unpaired) electrons. The van der Waals surface area contributed by atoms with Crippen LogP contribution in [0.4, 0.5) is 5.13 Å². The summed E-state index contributed by atoms with van der Waals surface area (Å²) >= 11 is 7.57. The van der Waals surface area contributed by atoms with Crippen LogP contribution in [-0.4, -0.2) is 10.2 Å². The Hall–Kier alpha value is -2.50. The average Bonchev–Trinajstić information content (AvgIpc) is 3.09. The van der Waals surface area contributed by atoms with E-state index in [0.29, 0.717) is 5.02 Å². The molecule has 2 aromatic heterocycles. The molecule has 0 unspecified atom stereocenters. The lowest BCUT2D eigenvalue weighted by Gasteiger charge is -2.04. The van der Waals surface area contributed by atoms with E-state index in [1.807, 2.05) is 54.6 Å². The molecule has 0 saturated heterocycles. The molecular weight excluding hydrogens is 330 g/mol. The summed E-state index contributed by atoms with van der Waals surface area (Å²) < 4.78 is 6.03. The fraction of sp³-hybridized carbons (Fsp3) is 0. The van der Waals surface area contributed by atoms with Crippen LogP contribution in [0.1, 0.15) is 0 Å². The third kappa shape index (κ3) is 2.88. The number of nitrogens with one attached hydrogen (secondary N) is 1. The first-order valence-corrected chi connectivity index (χ1v) is 8.20. The molecular formula is C17H11ClN3OS+. The molecule has 0 aliphatic heterocycles. The second kappa shape index (κ2) is 5.95. The average molecular weight is 341 g/mol. The van der Waals surface area contributed by atoms with Gasteiger partial charge in [-0.25, -0.2) is 4.99 Å². The molecule has 1 N–H and O–H groups in total. The highest BCUT2D eigenvalue weighted by Crippen LogP contribution is 2.23. The fourth-order valence-electron chi connectivity index (χ4n) is 2.35.